The van der Waals surface area contributed by atoms with Gasteiger partial charge in [0.1, 0.15) is 0 Å². The summed E-state index contributed by atoms with van der Waals surface area (Å²) in [5.41, 5.74) is 0.630. The van der Waals surface area contributed by atoms with Crippen molar-refractivity contribution in [3.63, 3.8) is 0 Å². The maximum atomic E-state index is 14.9. The number of imide groups is 2. The summed E-state index contributed by atoms with van der Waals surface area (Å²) < 4.78 is 0. The highest BCUT2D eigenvalue weighted by molar-refractivity contribution is 6.34. The van der Waals surface area contributed by atoms with Gasteiger partial charge in [0.15, 0.2) is 0 Å². The summed E-state index contributed by atoms with van der Waals surface area (Å²) in [6.07, 6.45) is 0.00406. The molecule has 0 radical (unpaired) electrons. The van der Waals surface area contributed by atoms with Gasteiger partial charge in [-0.05, 0) is 95.9 Å². The molecular formula is C33H20Cl4N2O4. The fourth-order valence-corrected chi connectivity index (χ4v) is 7.55. The van der Waals surface area contributed by atoms with Crippen LogP contribution >= 0.6 is 46.4 Å². The molecule has 0 N–H and O–H groups in total. The van der Waals surface area contributed by atoms with Crippen LogP contribution < -0.4 is 9.80 Å². The molecule has 10 heteroatoms. The number of halogens is 4. The predicted octanol–water partition coefficient (Wildman–Crippen LogP) is 7.47. The van der Waals surface area contributed by atoms with E-state index in [4.69, 9.17) is 46.4 Å². The van der Waals surface area contributed by atoms with Crippen LogP contribution in [0.1, 0.15) is 28.5 Å². The predicted molar refractivity (Wildman–Crippen MR) is 166 cm³/mol. The van der Waals surface area contributed by atoms with Crippen molar-refractivity contribution in [3.05, 3.63) is 128 Å². The van der Waals surface area contributed by atoms with Crippen LogP contribution in [0.2, 0.25) is 20.1 Å². The Labute approximate surface area is 266 Å². The molecule has 2 aliphatic heterocycles. The Morgan fingerprint density at radius 3 is 1.65 bits per heavy atom. The molecular weight excluding hydrogens is 630 g/mol. The summed E-state index contributed by atoms with van der Waals surface area (Å²) in [4.78, 5) is 60.5. The Morgan fingerprint density at radius 2 is 1.07 bits per heavy atom. The second-order valence-corrected chi connectivity index (χ2v) is 12.7. The van der Waals surface area contributed by atoms with Gasteiger partial charge >= 0.3 is 0 Å². The Kier molecular flexibility index (Phi) is 6.67. The van der Waals surface area contributed by atoms with Crippen LogP contribution in [0.25, 0.3) is 0 Å². The van der Waals surface area contributed by atoms with Gasteiger partial charge in [0.2, 0.25) is 23.6 Å². The molecule has 6 nitrogen and oxygen atoms in total. The van der Waals surface area contributed by atoms with Gasteiger partial charge in [-0.2, -0.15) is 0 Å². The highest BCUT2D eigenvalue weighted by atomic mass is 35.5. The third kappa shape index (κ3) is 4.15. The molecule has 3 aliphatic rings. The SMILES string of the molecule is O=C1[C@@H]2c3ccc(Cl)cc3[C@@H]3C(=O)N(c4ccc(Cl)cc4)C(=O)[C@]3(Cc3ccc(Cl)cc3)[C@@H]2C(=O)N1c1ccc(Cl)cc1. The van der Waals surface area contributed by atoms with Crippen molar-refractivity contribution in [2.24, 2.45) is 11.3 Å². The Bertz CT molecular complexity index is 1840. The number of hydrogen-bond acceptors (Lipinski definition) is 4. The van der Waals surface area contributed by atoms with Gasteiger partial charge in [-0.1, -0.05) is 64.6 Å². The fraction of sp³-hybridized carbons (Fsp3) is 0.152. The number of benzene rings is 4. The van der Waals surface area contributed by atoms with E-state index in [-0.39, 0.29) is 6.42 Å². The van der Waals surface area contributed by atoms with Crippen molar-refractivity contribution >= 4 is 81.4 Å². The molecule has 2 fully saturated rings. The van der Waals surface area contributed by atoms with Crippen LogP contribution in [0.5, 0.6) is 0 Å². The summed E-state index contributed by atoms with van der Waals surface area (Å²) in [6.45, 7) is 0. The first-order chi connectivity index (χ1) is 20.6. The van der Waals surface area contributed by atoms with Crippen LogP contribution in [0.4, 0.5) is 11.4 Å². The molecule has 1 aliphatic carbocycles. The Hall–Kier alpha value is -3.68. The van der Waals surface area contributed by atoms with Gasteiger partial charge in [-0.3, -0.25) is 19.2 Å². The molecule has 214 valence electrons. The average molecular weight is 650 g/mol. The monoisotopic (exact) mass is 648 g/mol. The molecule has 4 amide bonds. The Balaban J connectivity index is 1.50. The lowest BCUT2D eigenvalue weighted by Crippen LogP contribution is -2.51. The molecule has 7 rings (SSSR count). The molecule has 2 heterocycles. The van der Waals surface area contributed by atoms with Crippen molar-refractivity contribution in [2.45, 2.75) is 18.3 Å². The van der Waals surface area contributed by atoms with Crippen molar-refractivity contribution in [1.82, 2.24) is 0 Å². The second-order valence-electron chi connectivity index (χ2n) is 10.9. The number of nitrogens with zero attached hydrogens (tertiary/aromatic N) is 2. The van der Waals surface area contributed by atoms with Crippen molar-refractivity contribution < 1.29 is 19.2 Å². The van der Waals surface area contributed by atoms with Crippen molar-refractivity contribution in [3.8, 4) is 0 Å². The van der Waals surface area contributed by atoms with Gasteiger partial charge in [-0.15, -0.1) is 0 Å². The zero-order chi connectivity index (χ0) is 30.2. The standard InChI is InChI=1S/C33H20Cl4N2O4/c34-18-3-1-17(2-4-18)16-33-27(30(41)39(32(33)43)23-12-7-20(36)8-13-23)25-15-21(37)9-14-24(25)26-28(33)31(42)38(29(26)40)22-10-5-19(35)6-11-22/h1-15,26-28H,16H2/t26-,27-,28+,33+/m1/s1. The minimum Gasteiger partial charge on any atom is -0.274 e. The molecule has 2 saturated heterocycles. The van der Waals surface area contributed by atoms with E-state index in [9.17, 15) is 19.2 Å². The lowest BCUT2D eigenvalue weighted by atomic mass is 9.54. The van der Waals surface area contributed by atoms with E-state index in [0.717, 1.165) is 9.80 Å². The van der Waals surface area contributed by atoms with Gasteiger partial charge < -0.3 is 0 Å². The molecule has 0 saturated carbocycles. The van der Waals surface area contributed by atoms with Gasteiger partial charge in [0.25, 0.3) is 0 Å². The summed E-state index contributed by atoms with van der Waals surface area (Å²) in [7, 11) is 0. The summed E-state index contributed by atoms with van der Waals surface area (Å²) in [5, 5.41) is 1.71. The van der Waals surface area contributed by atoms with Gasteiger partial charge in [0.05, 0.1) is 34.5 Å². The van der Waals surface area contributed by atoms with Crippen LogP contribution in [0, 0.1) is 11.3 Å². The first kappa shape index (κ1) is 28.1. The van der Waals surface area contributed by atoms with Crippen molar-refractivity contribution in [2.75, 3.05) is 9.80 Å². The molecule has 4 aromatic carbocycles. The topological polar surface area (TPSA) is 74.8 Å². The van der Waals surface area contributed by atoms with E-state index in [1.54, 1.807) is 91.0 Å². The van der Waals surface area contributed by atoms with E-state index in [0.29, 0.717) is 48.2 Å². The Morgan fingerprint density at radius 1 is 0.558 bits per heavy atom. The average Bonchev–Trinajstić information content (AvgIpc) is 3.38. The second kappa shape index (κ2) is 10.2. The zero-order valence-electron chi connectivity index (χ0n) is 22.1. The van der Waals surface area contributed by atoms with E-state index < -0.39 is 46.8 Å². The number of carbonyl (C=O) groups excluding carboxylic acids is 4. The number of fused-ring (bicyclic) bond motifs is 6. The number of rotatable bonds is 4. The minimum absolute atomic E-state index is 0.00406. The highest BCUT2D eigenvalue weighted by Crippen LogP contribution is 2.63. The van der Waals surface area contributed by atoms with E-state index in [1.807, 2.05) is 0 Å². The fourth-order valence-electron chi connectivity index (χ4n) is 6.99. The van der Waals surface area contributed by atoms with Crippen LogP contribution in [0.15, 0.2) is 91.0 Å². The lowest BCUT2D eigenvalue weighted by Gasteiger charge is -2.43. The summed E-state index contributed by atoms with van der Waals surface area (Å²) in [5.74, 6) is -5.42. The minimum atomic E-state index is -1.65. The molecule has 4 aromatic rings. The molecule has 43 heavy (non-hydrogen) atoms. The quantitative estimate of drug-likeness (QED) is 0.215. The van der Waals surface area contributed by atoms with E-state index in [1.165, 1.54) is 0 Å². The summed E-state index contributed by atoms with van der Waals surface area (Å²) in [6, 6.07) is 24.5. The number of hydrogen-bond donors (Lipinski definition) is 0. The highest BCUT2D eigenvalue weighted by Gasteiger charge is 2.73. The molecule has 4 atom stereocenters. The lowest BCUT2D eigenvalue weighted by molar-refractivity contribution is -0.138. The summed E-state index contributed by atoms with van der Waals surface area (Å²) >= 11 is 24.9. The van der Waals surface area contributed by atoms with Crippen LogP contribution in [-0.4, -0.2) is 23.6 Å². The normalized spacial score (nSPS) is 24.3. The van der Waals surface area contributed by atoms with Crippen LogP contribution in [-0.2, 0) is 25.6 Å². The zero-order valence-corrected chi connectivity index (χ0v) is 25.2. The third-order valence-corrected chi connectivity index (χ3v) is 9.71. The van der Waals surface area contributed by atoms with Gasteiger partial charge in [0, 0.05) is 20.1 Å². The van der Waals surface area contributed by atoms with Crippen molar-refractivity contribution in [1.29, 1.82) is 0 Å². The number of anilines is 2. The molecule has 0 aromatic heterocycles. The molecule has 0 spiro atoms. The largest absolute Gasteiger partial charge is 0.274 e. The third-order valence-electron chi connectivity index (χ3n) is 8.72. The first-order valence-electron chi connectivity index (χ1n) is 13.4. The maximum Gasteiger partial charge on any atom is 0.242 e. The first-order valence-corrected chi connectivity index (χ1v) is 14.9. The van der Waals surface area contributed by atoms with Crippen LogP contribution in [0.3, 0.4) is 0 Å². The smallest absolute Gasteiger partial charge is 0.242 e. The number of carbonyl (C=O) groups is 4. The molecule has 0 bridgehead atoms. The molecule has 0 unspecified atom stereocenters. The van der Waals surface area contributed by atoms with E-state index in [2.05, 4.69) is 0 Å². The number of amides is 4. The van der Waals surface area contributed by atoms with Gasteiger partial charge in [-0.25, -0.2) is 9.80 Å². The van der Waals surface area contributed by atoms with E-state index >= 15 is 0 Å². The maximum absolute atomic E-state index is 14.9.